The van der Waals surface area contributed by atoms with Gasteiger partial charge >= 0.3 is 0 Å². The van der Waals surface area contributed by atoms with Crippen molar-refractivity contribution < 1.29 is 4.79 Å². The zero-order valence-corrected chi connectivity index (χ0v) is 11.8. The Kier molecular flexibility index (Phi) is 3.27. The van der Waals surface area contributed by atoms with Gasteiger partial charge in [0.25, 0.3) is 5.91 Å². The Hall–Kier alpha value is -2.89. The molecule has 1 aromatic carbocycles. The lowest BCUT2D eigenvalue weighted by Crippen LogP contribution is -2.14. The third-order valence-electron chi connectivity index (χ3n) is 3.17. The van der Waals surface area contributed by atoms with Crippen LogP contribution in [0.4, 0.5) is 11.6 Å². The molecular weight excluding hydrogens is 266 g/mol. The van der Waals surface area contributed by atoms with Gasteiger partial charge in [0.2, 0.25) is 0 Å². The minimum absolute atomic E-state index is 0.205. The molecule has 1 amide bonds. The van der Waals surface area contributed by atoms with Crippen molar-refractivity contribution in [1.29, 1.82) is 0 Å². The molecule has 0 bridgehead atoms. The number of fused-ring (bicyclic) bond motifs is 1. The second-order valence-corrected chi connectivity index (χ2v) is 4.65. The maximum absolute atomic E-state index is 12.5. The van der Waals surface area contributed by atoms with Gasteiger partial charge in [-0.2, -0.15) is 5.10 Å². The lowest BCUT2D eigenvalue weighted by molar-refractivity contribution is 0.102. The number of nitrogens with zero attached hydrogens (tertiary/aromatic N) is 3. The standard InChI is InChI=1S/C15H15N5O/c1-16-14-9-11(10-5-3-4-6-12(10)17-14)15(21)18-13-7-8-20(2)19-13/h3-9H,1-2H3,(H,16,17)(H,18,19,21). The Bertz CT molecular complexity index is 809. The van der Waals surface area contributed by atoms with Gasteiger partial charge < -0.3 is 10.6 Å². The average Bonchev–Trinajstić information content (AvgIpc) is 2.91. The third-order valence-corrected chi connectivity index (χ3v) is 3.17. The molecule has 0 aliphatic rings. The predicted octanol–water partition coefficient (Wildman–Crippen LogP) is 2.26. The molecule has 106 valence electrons. The van der Waals surface area contributed by atoms with Crippen LogP contribution in [-0.2, 0) is 7.05 Å². The summed E-state index contributed by atoms with van der Waals surface area (Å²) >= 11 is 0. The number of hydrogen-bond acceptors (Lipinski definition) is 4. The van der Waals surface area contributed by atoms with Gasteiger partial charge in [-0.1, -0.05) is 18.2 Å². The summed E-state index contributed by atoms with van der Waals surface area (Å²) in [6.45, 7) is 0. The molecule has 0 fully saturated rings. The van der Waals surface area contributed by atoms with E-state index in [0.717, 1.165) is 10.9 Å². The first-order valence-corrected chi connectivity index (χ1v) is 6.56. The monoisotopic (exact) mass is 281 g/mol. The minimum Gasteiger partial charge on any atom is -0.373 e. The molecule has 0 spiro atoms. The molecule has 21 heavy (non-hydrogen) atoms. The van der Waals surface area contributed by atoms with E-state index in [1.54, 1.807) is 37.1 Å². The quantitative estimate of drug-likeness (QED) is 0.772. The fourth-order valence-corrected chi connectivity index (χ4v) is 2.16. The van der Waals surface area contributed by atoms with Gasteiger partial charge in [0.1, 0.15) is 5.82 Å². The van der Waals surface area contributed by atoms with Crippen LogP contribution in [0, 0.1) is 0 Å². The number of carbonyl (C=O) groups excluding carboxylic acids is 1. The first-order valence-electron chi connectivity index (χ1n) is 6.56. The van der Waals surface area contributed by atoms with E-state index in [1.807, 2.05) is 24.3 Å². The normalized spacial score (nSPS) is 10.6. The van der Waals surface area contributed by atoms with Crippen LogP contribution in [0.1, 0.15) is 10.4 Å². The van der Waals surface area contributed by atoms with Gasteiger partial charge in [0.05, 0.1) is 11.1 Å². The van der Waals surface area contributed by atoms with E-state index in [2.05, 4.69) is 20.7 Å². The van der Waals surface area contributed by atoms with E-state index < -0.39 is 0 Å². The summed E-state index contributed by atoms with van der Waals surface area (Å²) in [5.41, 5.74) is 1.34. The molecule has 3 rings (SSSR count). The number of aromatic nitrogens is 3. The van der Waals surface area contributed by atoms with Crippen molar-refractivity contribution in [2.45, 2.75) is 0 Å². The molecule has 0 unspecified atom stereocenters. The van der Waals surface area contributed by atoms with Crippen LogP contribution in [0.3, 0.4) is 0 Å². The highest BCUT2D eigenvalue weighted by atomic mass is 16.1. The summed E-state index contributed by atoms with van der Waals surface area (Å²) in [4.78, 5) is 16.9. The van der Waals surface area contributed by atoms with Crippen LogP contribution < -0.4 is 10.6 Å². The maximum Gasteiger partial charge on any atom is 0.257 e. The first kappa shape index (κ1) is 13.1. The molecule has 0 saturated heterocycles. The van der Waals surface area contributed by atoms with Crippen molar-refractivity contribution in [3.63, 3.8) is 0 Å². The van der Waals surface area contributed by atoms with Crippen molar-refractivity contribution in [2.75, 3.05) is 17.7 Å². The van der Waals surface area contributed by atoms with Crippen LogP contribution in [0.2, 0.25) is 0 Å². The first-order chi connectivity index (χ1) is 10.2. The maximum atomic E-state index is 12.5. The van der Waals surface area contributed by atoms with E-state index in [-0.39, 0.29) is 5.91 Å². The number of aryl methyl sites for hydroxylation is 1. The smallest absolute Gasteiger partial charge is 0.257 e. The Morgan fingerprint density at radius 3 is 2.71 bits per heavy atom. The molecule has 0 aliphatic carbocycles. The fraction of sp³-hybridized carbons (Fsp3) is 0.133. The molecule has 3 aromatic rings. The Labute approximate surface area is 121 Å². The van der Waals surface area contributed by atoms with Crippen LogP contribution in [0.15, 0.2) is 42.6 Å². The minimum atomic E-state index is -0.205. The Morgan fingerprint density at radius 1 is 1.19 bits per heavy atom. The van der Waals surface area contributed by atoms with E-state index in [4.69, 9.17) is 0 Å². The SMILES string of the molecule is CNc1cc(C(=O)Nc2ccn(C)n2)c2ccccc2n1. The van der Waals surface area contributed by atoms with Crippen LogP contribution in [0.25, 0.3) is 10.9 Å². The number of para-hydroxylation sites is 1. The predicted molar refractivity (Wildman–Crippen MR) is 82.5 cm³/mol. The summed E-state index contributed by atoms with van der Waals surface area (Å²) in [5, 5.41) is 10.7. The second-order valence-electron chi connectivity index (χ2n) is 4.65. The summed E-state index contributed by atoms with van der Waals surface area (Å²) in [6.07, 6.45) is 1.78. The number of amides is 1. The molecule has 6 heteroatoms. The number of anilines is 2. The van der Waals surface area contributed by atoms with Gasteiger partial charge in [0.15, 0.2) is 5.82 Å². The number of nitrogens with one attached hydrogen (secondary N) is 2. The molecule has 6 nitrogen and oxygen atoms in total. The average molecular weight is 281 g/mol. The molecular formula is C15H15N5O. The van der Waals surface area contributed by atoms with E-state index in [0.29, 0.717) is 17.2 Å². The molecule has 2 N–H and O–H groups in total. The molecule has 2 heterocycles. The number of rotatable bonds is 3. The van der Waals surface area contributed by atoms with E-state index in [9.17, 15) is 4.79 Å². The van der Waals surface area contributed by atoms with Crippen molar-refractivity contribution in [2.24, 2.45) is 7.05 Å². The van der Waals surface area contributed by atoms with Crippen LogP contribution in [0.5, 0.6) is 0 Å². The second kappa shape index (κ2) is 5.24. The largest absolute Gasteiger partial charge is 0.373 e. The Morgan fingerprint density at radius 2 is 2.00 bits per heavy atom. The van der Waals surface area contributed by atoms with E-state index >= 15 is 0 Å². The summed E-state index contributed by atoms with van der Waals surface area (Å²) in [7, 11) is 3.58. The van der Waals surface area contributed by atoms with Gasteiger partial charge in [-0.3, -0.25) is 9.48 Å². The number of benzene rings is 1. The lowest BCUT2D eigenvalue weighted by atomic mass is 10.1. The van der Waals surface area contributed by atoms with Crippen molar-refractivity contribution >= 4 is 28.4 Å². The number of hydrogen-bond donors (Lipinski definition) is 2. The molecule has 0 saturated carbocycles. The number of carbonyl (C=O) groups is 1. The highest BCUT2D eigenvalue weighted by Crippen LogP contribution is 2.21. The fourth-order valence-electron chi connectivity index (χ4n) is 2.16. The molecule has 0 atom stereocenters. The lowest BCUT2D eigenvalue weighted by Gasteiger charge is -2.09. The van der Waals surface area contributed by atoms with Crippen molar-refractivity contribution in [1.82, 2.24) is 14.8 Å². The summed E-state index contributed by atoms with van der Waals surface area (Å²) in [6, 6.07) is 11.0. The van der Waals surface area contributed by atoms with Crippen molar-refractivity contribution in [3.8, 4) is 0 Å². The topological polar surface area (TPSA) is 71.8 Å². The van der Waals surface area contributed by atoms with Gasteiger partial charge in [-0.25, -0.2) is 4.98 Å². The third kappa shape index (κ3) is 2.55. The number of pyridine rings is 1. The molecule has 2 aromatic heterocycles. The Balaban J connectivity index is 2.03. The molecule has 0 aliphatic heterocycles. The highest BCUT2D eigenvalue weighted by Gasteiger charge is 2.13. The summed E-state index contributed by atoms with van der Waals surface area (Å²) in [5.74, 6) is 0.970. The van der Waals surface area contributed by atoms with Crippen molar-refractivity contribution in [3.05, 3.63) is 48.2 Å². The highest BCUT2D eigenvalue weighted by molar-refractivity contribution is 6.12. The van der Waals surface area contributed by atoms with Gasteiger partial charge in [-0.15, -0.1) is 0 Å². The van der Waals surface area contributed by atoms with E-state index in [1.165, 1.54) is 0 Å². The molecule has 0 radical (unpaired) electrons. The zero-order valence-electron chi connectivity index (χ0n) is 11.8. The summed E-state index contributed by atoms with van der Waals surface area (Å²) < 4.78 is 1.64. The van der Waals surface area contributed by atoms with Crippen LogP contribution >= 0.6 is 0 Å². The van der Waals surface area contributed by atoms with Gasteiger partial charge in [0, 0.05) is 31.7 Å². The van der Waals surface area contributed by atoms with Crippen LogP contribution in [-0.4, -0.2) is 27.7 Å². The van der Waals surface area contributed by atoms with Gasteiger partial charge in [-0.05, 0) is 12.1 Å². The zero-order chi connectivity index (χ0) is 14.8.